The van der Waals surface area contributed by atoms with Gasteiger partial charge in [0.2, 0.25) is 0 Å². The highest BCUT2D eigenvalue weighted by Gasteiger charge is 2.53. The van der Waals surface area contributed by atoms with E-state index in [0.29, 0.717) is 5.41 Å². The molecule has 4 fully saturated rings. The van der Waals surface area contributed by atoms with Crippen LogP contribution in [0.4, 0.5) is 17.1 Å². The Labute approximate surface area is 420 Å². The molecule has 1 heterocycles. The number of fused-ring (bicyclic) bond motifs is 7. The van der Waals surface area contributed by atoms with E-state index in [-0.39, 0.29) is 0 Å². The molecule has 2 heteroatoms. The van der Waals surface area contributed by atoms with E-state index in [1.807, 2.05) is 11.3 Å². The van der Waals surface area contributed by atoms with E-state index in [4.69, 9.17) is 0 Å². The monoisotopic (exact) mass is 927 g/mol. The van der Waals surface area contributed by atoms with Crippen molar-refractivity contribution in [2.24, 2.45) is 17.8 Å². The van der Waals surface area contributed by atoms with Crippen molar-refractivity contribution in [3.05, 3.63) is 258 Å². The van der Waals surface area contributed by atoms with Crippen LogP contribution in [0.2, 0.25) is 0 Å². The molecule has 1 aromatic heterocycles. The minimum absolute atomic E-state index is 0.331. The van der Waals surface area contributed by atoms with Crippen molar-refractivity contribution >= 4 is 59.3 Å². The van der Waals surface area contributed by atoms with Crippen molar-refractivity contribution < 1.29 is 0 Å². The lowest BCUT2D eigenvalue weighted by Crippen LogP contribution is -2.48. The fraction of sp³-hybridized carbons (Fsp3) is 0.159. The van der Waals surface area contributed by atoms with Crippen LogP contribution >= 0.6 is 11.3 Å². The molecule has 10 aromatic carbocycles. The third-order valence-electron chi connectivity index (χ3n) is 17.5. The minimum atomic E-state index is -0.471. The van der Waals surface area contributed by atoms with E-state index in [0.717, 1.165) is 29.1 Å². The largest absolute Gasteiger partial charge is 0.309 e. The molecule has 340 valence electrons. The predicted molar refractivity (Wildman–Crippen MR) is 300 cm³/mol. The van der Waals surface area contributed by atoms with Crippen LogP contribution in [0.5, 0.6) is 0 Å². The van der Waals surface area contributed by atoms with Gasteiger partial charge in [0.15, 0.2) is 0 Å². The number of hydrogen-bond acceptors (Lipinski definition) is 2. The molecule has 5 aliphatic carbocycles. The molecule has 0 spiro atoms. The van der Waals surface area contributed by atoms with Gasteiger partial charge in [0.25, 0.3) is 0 Å². The summed E-state index contributed by atoms with van der Waals surface area (Å²) < 4.78 is 2.60. The lowest BCUT2D eigenvalue weighted by atomic mass is 9.48. The van der Waals surface area contributed by atoms with E-state index in [1.165, 1.54) is 131 Å². The summed E-state index contributed by atoms with van der Waals surface area (Å²) in [5.41, 5.74) is 18.0. The van der Waals surface area contributed by atoms with Crippen molar-refractivity contribution in [1.82, 2.24) is 0 Å². The zero-order valence-electron chi connectivity index (χ0n) is 39.8. The van der Waals surface area contributed by atoms with Crippen molar-refractivity contribution in [1.29, 1.82) is 0 Å². The van der Waals surface area contributed by atoms with E-state index in [2.05, 4.69) is 235 Å². The van der Waals surface area contributed by atoms with Gasteiger partial charge < -0.3 is 4.90 Å². The summed E-state index contributed by atoms with van der Waals surface area (Å²) in [6.45, 7) is 0. The molecule has 0 amide bonds. The summed E-state index contributed by atoms with van der Waals surface area (Å²) in [6, 6.07) is 87.3. The van der Waals surface area contributed by atoms with Gasteiger partial charge in [-0.3, -0.25) is 0 Å². The highest BCUT2D eigenvalue weighted by Crippen LogP contribution is 2.63. The molecule has 1 nitrogen and oxygen atoms in total. The van der Waals surface area contributed by atoms with Crippen LogP contribution in [0.3, 0.4) is 0 Å². The maximum atomic E-state index is 2.66. The van der Waals surface area contributed by atoms with Crippen LogP contribution in [0.1, 0.15) is 66.3 Å². The van der Waals surface area contributed by atoms with Gasteiger partial charge in [0.1, 0.15) is 0 Å². The second-order valence-corrected chi connectivity index (χ2v) is 22.4. The molecular weight excluding hydrogens is 875 g/mol. The Hall–Kier alpha value is -7.52. The van der Waals surface area contributed by atoms with Crippen molar-refractivity contribution in [2.45, 2.75) is 49.4 Å². The second-order valence-electron chi connectivity index (χ2n) is 21.4. The van der Waals surface area contributed by atoms with Crippen LogP contribution in [-0.4, -0.2) is 0 Å². The molecular formula is C69H53NS. The summed E-state index contributed by atoms with van der Waals surface area (Å²) in [5, 5.41) is 5.12. The standard InChI is InChI=1S/C69H53NS/c1-3-14-48(15-4-1)56-22-11-16-50-17-12-23-57(66(50)56)49-28-33-54(34-29-49)70(64-26-13-24-60-59-21-8-10-27-65(59)71-67(60)64)55-35-30-52(31-36-55)69(51-18-5-2-6-19-51)62-25-9-7-20-58(62)61-41-53(32-37-63(61)69)68-42-45-38-46(43-68)40-47(39-45)44-68/h1-37,41,45-47H,38-40,42-44H2. The van der Waals surface area contributed by atoms with Gasteiger partial charge in [-0.05, 0) is 170 Å². The number of thiophene rings is 1. The molecule has 1 unspecified atom stereocenters. The van der Waals surface area contributed by atoms with E-state index < -0.39 is 5.41 Å². The average Bonchev–Trinajstić information content (AvgIpc) is 3.96. The Kier molecular flexibility index (Phi) is 9.30. The van der Waals surface area contributed by atoms with E-state index >= 15 is 0 Å². The third kappa shape index (κ3) is 6.30. The lowest BCUT2D eigenvalue weighted by molar-refractivity contribution is -0.00517. The lowest BCUT2D eigenvalue weighted by Gasteiger charge is -2.57. The first-order chi connectivity index (χ1) is 35.1. The molecule has 4 saturated carbocycles. The van der Waals surface area contributed by atoms with E-state index in [9.17, 15) is 0 Å². The van der Waals surface area contributed by atoms with Gasteiger partial charge in [-0.2, -0.15) is 0 Å². The molecule has 0 N–H and O–H groups in total. The van der Waals surface area contributed by atoms with Crippen molar-refractivity contribution in [3.8, 4) is 33.4 Å². The summed E-state index contributed by atoms with van der Waals surface area (Å²) in [6.07, 6.45) is 8.50. The third-order valence-corrected chi connectivity index (χ3v) is 18.7. The Balaban J connectivity index is 0.888. The van der Waals surface area contributed by atoms with Gasteiger partial charge in [-0.1, -0.05) is 194 Å². The number of benzene rings is 10. The van der Waals surface area contributed by atoms with Gasteiger partial charge in [-0.25, -0.2) is 0 Å². The maximum Gasteiger partial charge on any atom is 0.0713 e. The smallest absolute Gasteiger partial charge is 0.0713 e. The van der Waals surface area contributed by atoms with Gasteiger partial charge in [-0.15, -0.1) is 11.3 Å². The number of rotatable bonds is 8. The molecule has 11 aromatic rings. The van der Waals surface area contributed by atoms with Crippen LogP contribution in [0.25, 0.3) is 64.3 Å². The summed E-state index contributed by atoms with van der Waals surface area (Å²) in [4.78, 5) is 2.49. The first-order valence-corrected chi connectivity index (χ1v) is 26.7. The van der Waals surface area contributed by atoms with Crippen molar-refractivity contribution in [2.75, 3.05) is 4.90 Å². The zero-order valence-corrected chi connectivity index (χ0v) is 40.6. The normalized spacial score (nSPS) is 21.7. The highest BCUT2D eigenvalue weighted by molar-refractivity contribution is 7.26. The van der Waals surface area contributed by atoms with Gasteiger partial charge >= 0.3 is 0 Å². The molecule has 1 atom stereocenters. The van der Waals surface area contributed by atoms with Gasteiger partial charge in [0, 0.05) is 26.8 Å². The van der Waals surface area contributed by atoms with Crippen LogP contribution in [-0.2, 0) is 10.8 Å². The molecule has 4 bridgehead atoms. The fourth-order valence-corrected chi connectivity index (χ4v) is 16.2. The number of nitrogens with zero attached hydrogens (tertiary/aromatic N) is 1. The van der Waals surface area contributed by atoms with Gasteiger partial charge in [0.05, 0.1) is 15.8 Å². The van der Waals surface area contributed by atoms with Crippen molar-refractivity contribution in [3.63, 3.8) is 0 Å². The Morgan fingerprint density at radius 2 is 0.930 bits per heavy atom. The van der Waals surface area contributed by atoms with Crippen LogP contribution < -0.4 is 4.90 Å². The first-order valence-electron chi connectivity index (χ1n) is 25.9. The predicted octanol–water partition coefficient (Wildman–Crippen LogP) is 18.8. The van der Waals surface area contributed by atoms with Crippen LogP contribution in [0.15, 0.2) is 231 Å². The molecule has 71 heavy (non-hydrogen) atoms. The quantitative estimate of drug-likeness (QED) is 0.147. The summed E-state index contributed by atoms with van der Waals surface area (Å²) >= 11 is 1.89. The molecule has 0 radical (unpaired) electrons. The minimum Gasteiger partial charge on any atom is -0.309 e. The second kappa shape index (κ2) is 16.0. The van der Waals surface area contributed by atoms with E-state index in [1.54, 1.807) is 5.56 Å². The average molecular weight is 928 g/mol. The first kappa shape index (κ1) is 41.3. The molecule has 5 aliphatic rings. The summed E-state index contributed by atoms with van der Waals surface area (Å²) in [7, 11) is 0. The molecule has 0 aliphatic heterocycles. The number of anilines is 3. The Morgan fingerprint density at radius 1 is 0.394 bits per heavy atom. The highest BCUT2D eigenvalue weighted by atomic mass is 32.1. The van der Waals surface area contributed by atoms with Crippen LogP contribution in [0, 0.1) is 17.8 Å². The Morgan fingerprint density at radius 3 is 1.65 bits per heavy atom. The molecule has 16 rings (SSSR count). The fourth-order valence-electron chi connectivity index (χ4n) is 15.0. The SMILES string of the molecule is c1ccc(-c2cccc3cccc(-c4ccc(N(c5ccc(C6(c7ccccc7)c7ccccc7-c7cc(C89CC%10CC(CC(C%10)C8)C9)ccc76)cc5)c5cccc6c5sc5ccccc56)cc4)c23)cc1. The zero-order chi connectivity index (χ0) is 46.7. The topological polar surface area (TPSA) is 3.24 Å². The molecule has 0 saturated heterocycles. The number of hydrogen-bond donors (Lipinski definition) is 0. The summed E-state index contributed by atoms with van der Waals surface area (Å²) in [5.74, 6) is 2.72. The maximum absolute atomic E-state index is 2.66. The Bertz CT molecular complexity index is 3810.